The predicted octanol–water partition coefficient (Wildman–Crippen LogP) is 5.60. The number of nitrogens with one attached hydrogen (secondary N) is 1. The predicted molar refractivity (Wildman–Crippen MR) is 88.3 cm³/mol. The molecule has 0 aromatic heterocycles. The molecule has 2 heteroatoms. The minimum absolute atomic E-state index is 0.0645. The Morgan fingerprint density at radius 2 is 1.62 bits per heavy atom. The van der Waals surface area contributed by atoms with Gasteiger partial charge in [-0.05, 0) is 42.0 Å². The van der Waals surface area contributed by atoms with E-state index in [1.165, 1.54) is 11.6 Å². The third-order valence-electron chi connectivity index (χ3n) is 3.86. The molecule has 0 aliphatic heterocycles. The molecule has 1 N–H and O–H groups in total. The molecule has 0 fully saturated rings. The maximum absolute atomic E-state index is 13.9. The molecule has 0 amide bonds. The molecule has 0 saturated heterocycles. The SMILES string of the molecule is Cc1cccc(F)c1NC(C)c1ccc(C(C)(C)C)cc1. The fourth-order valence-electron chi connectivity index (χ4n) is 2.39. The van der Waals surface area contributed by atoms with Gasteiger partial charge in [0, 0.05) is 6.04 Å². The van der Waals surface area contributed by atoms with E-state index in [1.807, 2.05) is 13.0 Å². The van der Waals surface area contributed by atoms with Crippen LogP contribution in [-0.4, -0.2) is 0 Å². The van der Waals surface area contributed by atoms with E-state index >= 15 is 0 Å². The Bertz CT molecular complexity index is 588. The summed E-state index contributed by atoms with van der Waals surface area (Å²) < 4.78 is 13.9. The van der Waals surface area contributed by atoms with E-state index in [1.54, 1.807) is 6.07 Å². The number of halogens is 1. The van der Waals surface area contributed by atoms with Crippen molar-refractivity contribution in [2.45, 2.75) is 46.1 Å². The van der Waals surface area contributed by atoms with Gasteiger partial charge in [-0.25, -0.2) is 4.39 Å². The Morgan fingerprint density at radius 3 is 2.14 bits per heavy atom. The largest absolute Gasteiger partial charge is 0.376 e. The van der Waals surface area contributed by atoms with Gasteiger partial charge in [0.25, 0.3) is 0 Å². The molecule has 21 heavy (non-hydrogen) atoms. The van der Waals surface area contributed by atoms with Crippen LogP contribution >= 0.6 is 0 Å². The first-order valence-electron chi connectivity index (χ1n) is 7.41. The van der Waals surface area contributed by atoms with Gasteiger partial charge in [0.15, 0.2) is 0 Å². The standard InChI is InChI=1S/C19H24FN/c1-13-7-6-8-17(20)18(13)21-14(2)15-9-11-16(12-10-15)19(3,4)5/h6-12,14,21H,1-5H3. The molecule has 0 aliphatic carbocycles. The van der Waals surface area contributed by atoms with Gasteiger partial charge in [-0.2, -0.15) is 0 Å². The molecule has 0 bridgehead atoms. The van der Waals surface area contributed by atoms with Gasteiger partial charge in [-0.1, -0.05) is 57.2 Å². The molecule has 0 heterocycles. The highest BCUT2D eigenvalue weighted by atomic mass is 19.1. The van der Waals surface area contributed by atoms with E-state index < -0.39 is 0 Å². The van der Waals surface area contributed by atoms with Crippen molar-refractivity contribution in [3.63, 3.8) is 0 Å². The number of para-hydroxylation sites is 1. The molecule has 2 aromatic carbocycles. The maximum atomic E-state index is 13.9. The highest BCUT2D eigenvalue weighted by Crippen LogP contribution is 2.27. The van der Waals surface area contributed by atoms with Crippen LogP contribution in [0, 0.1) is 12.7 Å². The van der Waals surface area contributed by atoms with Crippen molar-refractivity contribution in [3.8, 4) is 0 Å². The summed E-state index contributed by atoms with van der Waals surface area (Å²) in [5.41, 5.74) is 4.13. The lowest BCUT2D eigenvalue weighted by atomic mass is 9.86. The summed E-state index contributed by atoms with van der Waals surface area (Å²) in [5.74, 6) is -0.201. The Morgan fingerprint density at radius 1 is 1.00 bits per heavy atom. The minimum Gasteiger partial charge on any atom is -0.376 e. The summed E-state index contributed by atoms with van der Waals surface area (Å²) in [5, 5.41) is 3.28. The van der Waals surface area contributed by atoms with Crippen molar-refractivity contribution in [2.24, 2.45) is 0 Å². The van der Waals surface area contributed by atoms with Crippen molar-refractivity contribution >= 4 is 5.69 Å². The van der Waals surface area contributed by atoms with E-state index in [0.717, 1.165) is 11.1 Å². The molecule has 1 nitrogen and oxygen atoms in total. The molecule has 2 aromatic rings. The second-order valence-corrected chi connectivity index (χ2v) is 6.67. The first-order chi connectivity index (χ1) is 9.79. The summed E-state index contributed by atoms with van der Waals surface area (Å²) in [6, 6.07) is 13.8. The lowest BCUT2D eigenvalue weighted by Gasteiger charge is -2.21. The number of hydrogen-bond acceptors (Lipinski definition) is 1. The van der Waals surface area contributed by atoms with Gasteiger partial charge in [-0.3, -0.25) is 0 Å². The summed E-state index contributed by atoms with van der Waals surface area (Å²) in [6.07, 6.45) is 0. The molecule has 0 aliphatic rings. The molecular weight excluding hydrogens is 261 g/mol. The fourth-order valence-corrected chi connectivity index (χ4v) is 2.39. The Hall–Kier alpha value is -1.83. The van der Waals surface area contributed by atoms with Crippen LogP contribution in [0.1, 0.15) is 50.4 Å². The average Bonchev–Trinajstić information content (AvgIpc) is 2.42. The fraction of sp³-hybridized carbons (Fsp3) is 0.368. The van der Waals surface area contributed by atoms with Gasteiger partial charge in [0.1, 0.15) is 5.82 Å². The Labute approximate surface area is 127 Å². The summed E-state index contributed by atoms with van der Waals surface area (Å²) in [7, 11) is 0. The van der Waals surface area contributed by atoms with Crippen LogP contribution in [0.2, 0.25) is 0 Å². The third kappa shape index (κ3) is 3.63. The monoisotopic (exact) mass is 285 g/mol. The number of rotatable bonds is 3. The number of aryl methyl sites for hydroxylation is 1. The van der Waals surface area contributed by atoms with E-state index in [4.69, 9.17) is 0 Å². The molecule has 2 rings (SSSR count). The highest BCUT2D eigenvalue weighted by Gasteiger charge is 2.15. The minimum atomic E-state index is -0.201. The van der Waals surface area contributed by atoms with Gasteiger partial charge >= 0.3 is 0 Å². The molecule has 1 unspecified atom stereocenters. The first kappa shape index (κ1) is 15.6. The van der Waals surface area contributed by atoms with Crippen molar-refractivity contribution in [1.82, 2.24) is 0 Å². The maximum Gasteiger partial charge on any atom is 0.146 e. The quantitative estimate of drug-likeness (QED) is 0.773. The zero-order valence-corrected chi connectivity index (χ0v) is 13.5. The lowest BCUT2D eigenvalue weighted by molar-refractivity contribution is 0.589. The normalized spacial score (nSPS) is 13.0. The van der Waals surface area contributed by atoms with Gasteiger partial charge in [0.05, 0.1) is 5.69 Å². The molecule has 1 atom stereocenters. The second-order valence-electron chi connectivity index (χ2n) is 6.67. The van der Waals surface area contributed by atoms with E-state index in [0.29, 0.717) is 5.69 Å². The Kier molecular flexibility index (Phi) is 4.36. The van der Waals surface area contributed by atoms with Gasteiger partial charge < -0.3 is 5.32 Å². The van der Waals surface area contributed by atoms with Crippen molar-refractivity contribution in [3.05, 3.63) is 65.0 Å². The summed E-state index contributed by atoms with van der Waals surface area (Å²) in [6.45, 7) is 10.6. The zero-order valence-electron chi connectivity index (χ0n) is 13.5. The summed E-state index contributed by atoms with van der Waals surface area (Å²) >= 11 is 0. The van der Waals surface area contributed by atoms with Crippen LogP contribution in [-0.2, 0) is 5.41 Å². The number of anilines is 1. The molecule has 0 radical (unpaired) electrons. The first-order valence-corrected chi connectivity index (χ1v) is 7.41. The molecule has 0 saturated carbocycles. The number of hydrogen-bond donors (Lipinski definition) is 1. The molecular formula is C19H24FN. The lowest BCUT2D eigenvalue weighted by Crippen LogP contribution is -2.12. The van der Waals surface area contributed by atoms with Crippen LogP contribution in [0.5, 0.6) is 0 Å². The van der Waals surface area contributed by atoms with Gasteiger partial charge in [0.2, 0.25) is 0 Å². The molecule has 0 spiro atoms. The van der Waals surface area contributed by atoms with Crippen molar-refractivity contribution < 1.29 is 4.39 Å². The van der Waals surface area contributed by atoms with E-state index in [2.05, 4.69) is 57.3 Å². The van der Waals surface area contributed by atoms with E-state index in [9.17, 15) is 4.39 Å². The van der Waals surface area contributed by atoms with Crippen molar-refractivity contribution in [1.29, 1.82) is 0 Å². The van der Waals surface area contributed by atoms with Gasteiger partial charge in [-0.15, -0.1) is 0 Å². The highest BCUT2D eigenvalue weighted by molar-refractivity contribution is 5.53. The second kappa shape index (κ2) is 5.88. The summed E-state index contributed by atoms with van der Waals surface area (Å²) in [4.78, 5) is 0. The van der Waals surface area contributed by atoms with E-state index in [-0.39, 0.29) is 17.3 Å². The topological polar surface area (TPSA) is 12.0 Å². The van der Waals surface area contributed by atoms with Crippen LogP contribution in [0.4, 0.5) is 10.1 Å². The Balaban J connectivity index is 2.19. The third-order valence-corrected chi connectivity index (χ3v) is 3.86. The van der Waals surface area contributed by atoms with Crippen molar-refractivity contribution in [2.75, 3.05) is 5.32 Å². The molecule has 112 valence electrons. The van der Waals surface area contributed by atoms with Crippen LogP contribution in [0.25, 0.3) is 0 Å². The van der Waals surface area contributed by atoms with Crippen LogP contribution in [0.3, 0.4) is 0 Å². The zero-order chi connectivity index (χ0) is 15.6. The van der Waals surface area contributed by atoms with Crippen LogP contribution in [0.15, 0.2) is 42.5 Å². The number of benzene rings is 2. The van der Waals surface area contributed by atoms with Crippen LogP contribution < -0.4 is 5.32 Å². The average molecular weight is 285 g/mol. The smallest absolute Gasteiger partial charge is 0.146 e.